The van der Waals surface area contributed by atoms with Crippen molar-refractivity contribution < 1.29 is 13.5 Å². The van der Waals surface area contributed by atoms with Gasteiger partial charge in [-0.15, -0.1) is 0 Å². The fourth-order valence-corrected chi connectivity index (χ4v) is 2.93. The molecule has 1 aromatic carbocycles. The number of hydrogen-bond acceptors (Lipinski definition) is 3. The zero-order valence-electron chi connectivity index (χ0n) is 12.9. The summed E-state index contributed by atoms with van der Waals surface area (Å²) in [5, 5.41) is 11.1. The molecule has 3 nitrogen and oxygen atoms in total. The van der Waals surface area contributed by atoms with Crippen LogP contribution in [0.5, 0.6) is 0 Å². The van der Waals surface area contributed by atoms with Gasteiger partial charge in [-0.25, -0.2) is 8.42 Å². The molecule has 0 saturated heterocycles. The van der Waals surface area contributed by atoms with Gasteiger partial charge in [-0.3, -0.25) is 0 Å². The van der Waals surface area contributed by atoms with Gasteiger partial charge in [-0.1, -0.05) is 36.8 Å². The van der Waals surface area contributed by atoms with Crippen LogP contribution in [-0.2, 0) is 9.84 Å². The molecule has 0 fully saturated rings. The summed E-state index contributed by atoms with van der Waals surface area (Å²) in [5.41, 5.74) is 1.25. The Hall–Kier alpha value is -1.39. The second-order valence-corrected chi connectivity index (χ2v) is 7.35. The summed E-state index contributed by atoms with van der Waals surface area (Å²) in [6.07, 6.45) is 4.44. The van der Waals surface area contributed by atoms with Crippen molar-refractivity contribution in [3.63, 3.8) is 0 Å². The smallest absolute Gasteiger partial charge is 0.199 e. The van der Waals surface area contributed by atoms with Gasteiger partial charge in [0, 0.05) is 5.41 Å². The van der Waals surface area contributed by atoms with E-state index in [9.17, 15) is 13.5 Å². The second kappa shape index (κ2) is 8.15. The van der Waals surface area contributed by atoms with Gasteiger partial charge < -0.3 is 5.11 Å². The summed E-state index contributed by atoms with van der Waals surface area (Å²) in [4.78, 5) is 0.241. The summed E-state index contributed by atoms with van der Waals surface area (Å²) in [7, 11) is -3.48. The number of hydrogen-bond donors (Lipinski definition) is 1. The van der Waals surface area contributed by atoms with Crippen LogP contribution in [-0.4, -0.2) is 19.6 Å². The van der Waals surface area contributed by atoms with E-state index in [1.54, 1.807) is 30.3 Å². The molecule has 0 aliphatic rings. The first-order valence-corrected chi connectivity index (χ1v) is 8.67. The Balaban J connectivity index is 2.65. The van der Waals surface area contributed by atoms with Gasteiger partial charge in [0.05, 0.1) is 11.0 Å². The van der Waals surface area contributed by atoms with Crippen molar-refractivity contribution in [2.24, 2.45) is 5.92 Å². The van der Waals surface area contributed by atoms with Crippen molar-refractivity contribution in [2.75, 3.05) is 0 Å². The number of sulfone groups is 1. The highest BCUT2D eigenvalue weighted by molar-refractivity contribution is 7.94. The van der Waals surface area contributed by atoms with Crippen LogP contribution in [0.3, 0.4) is 0 Å². The molecule has 0 spiro atoms. The minimum absolute atomic E-state index is 0.0165. The van der Waals surface area contributed by atoms with E-state index in [1.165, 1.54) is 11.6 Å². The summed E-state index contributed by atoms with van der Waals surface area (Å²) >= 11 is 0. The van der Waals surface area contributed by atoms with Crippen molar-refractivity contribution in [3.8, 4) is 0 Å². The SMILES string of the molecule is CC(C)=CCCC(C)C(O)/C=C/S(=O)(=O)c1ccccc1. The minimum Gasteiger partial charge on any atom is -0.389 e. The normalized spacial score (nSPS) is 14.9. The molecule has 0 aliphatic carbocycles. The van der Waals surface area contributed by atoms with E-state index in [4.69, 9.17) is 0 Å². The van der Waals surface area contributed by atoms with Crippen molar-refractivity contribution in [1.82, 2.24) is 0 Å². The van der Waals surface area contributed by atoms with Crippen molar-refractivity contribution >= 4 is 9.84 Å². The summed E-state index contributed by atoms with van der Waals surface area (Å²) in [5.74, 6) is 0.0165. The Kier molecular flexibility index (Phi) is 6.85. The van der Waals surface area contributed by atoms with E-state index < -0.39 is 15.9 Å². The molecule has 1 N–H and O–H groups in total. The van der Waals surface area contributed by atoms with Crippen LogP contribution in [0.25, 0.3) is 0 Å². The van der Waals surface area contributed by atoms with Crippen LogP contribution in [0.2, 0.25) is 0 Å². The monoisotopic (exact) mass is 308 g/mol. The summed E-state index contributed by atoms with van der Waals surface area (Å²) in [6, 6.07) is 8.22. The van der Waals surface area contributed by atoms with E-state index in [0.29, 0.717) is 0 Å². The molecule has 0 bridgehead atoms. The van der Waals surface area contributed by atoms with Crippen molar-refractivity contribution in [2.45, 2.75) is 44.6 Å². The van der Waals surface area contributed by atoms with Crippen LogP contribution in [0.15, 0.2) is 58.4 Å². The molecule has 0 heterocycles. The summed E-state index contributed by atoms with van der Waals surface area (Å²) in [6.45, 7) is 5.99. The zero-order chi connectivity index (χ0) is 15.9. The molecule has 21 heavy (non-hydrogen) atoms. The highest BCUT2D eigenvalue weighted by atomic mass is 32.2. The molecule has 116 valence electrons. The number of rotatable bonds is 7. The lowest BCUT2D eigenvalue weighted by atomic mass is 9.98. The van der Waals surface area contributed by atoms with Crippen LogP contribution < -0.4 is 0 Å². The van der Waals surface area contributed by atoms with Crippen molar-refractivity contribution in [1.29, 1.82) is 0 Å². The summed E-state index contributed by atoms with van der Waals surface area (Å²) < 4.78 is 24.1. The Labute approximate surface area is 127 Å². The first-order valence-electron chi connectivity index (χ1n) is 7.12. The fraction of sp³-hybridized carbons (Fsp3) is 0.412. The van der Waals surface area contributed by atoms with E-state index >= 15 is 0 Å². The average molecular weight is 308 g/mol. The number of benzene rings is 1. The van der Waals surface area contributed by atoms with Gasteiger partial charge in [0.25, 0.3) is 0 Å². The largest absolute Gasteiger partial charge is 0.389 e. The molecule has 0 radical (unpaired) electrons. The molecular weight excluding hydrogens is 284 g/mol. The molecule has 2 unspecified atom stereocenters. The van der Waals surface area contributed by atoms with E-state index in [1.807, 2.05) is 20.8 Å². The fourth-order valence-electron chi connectivity index (χ4n) is 1.87. The van der Waals surface area contributed by atoms with Gasteiger partial charge in [-0.2, -0.15) is 0 Å². The molecule has 0 saturated carbocycles. The quantitative estimate of drug-likeness (QED) is 0.781. The predicted octanol–water partition coefficient (Wildman–Crippen LogP) is 3.72. The first kappa shape index (κ1) is 17.7. The number of allylic oxidation sites excluding steroid dienone is 2. The lowest BCUT2D eigenvalue weighted by Crippen LogP contribution is -2.15. The zero-order valence-corrected chi connectivity index (χ0v) is 13.7. The molecule has 0 aliphatic heterocycles. The highest BCUT2D eigenvalue weighted by Gasteiger charge is 2.14. The third kappa shape index (κ3) is 6.27. The Morgan fingerprint density at radius 2 is 1.86 bits per heavy atom. The van der Waals surface area contributed by atoms with Gasteiger partial charge in [0.15, 0.2) is 9.84 Å². The maximum atomic E-state index is 12.1. The van der Waals surface area contributed by atoms with Gasteiger partial charge >= 0.3 is 0 Å². The maximum Gasteiger partial charge on any atom is 0.199 e. The van der Waals surface area contributed by atoms with Gasteiger partial charge in [0.2, 0.25) is 0 Å². The molecule has 0 amide bonds. The van der Waals surface area contributed by atoms with Crippen LogP contribution >= 0.6 is 0 Å². The lowest BCUT2D eigenvalue weighted by molar-refractivity contribution is 0.157. The molecule has 4 heteroatoms. The van der Waals surface area contributed by atoms with Gasteiger partial charge in [-0.05, 0) is 50.8 Å². The Morgan fingerprint density at radius 1 is 1.24 bits per heavy atom. The van der Waals surface area contributed by atoms with Crippen LogP contribution in [0.1, 0.15) is 33.6 Å². The molecule has 1 aromatic rings. The van der Waals surface area contributed by atoms with Crippen molar-refractivity contribution in [3.05, 3.63) is 53.5 Å². The first-order chi connectivity index (χ1) is 9.83. The molecular formula is C17H24O3S. The topological polar surface area (TPSA) is 54.4 Å². The lowest BCUT2D eigenvalue weighted by Gasteiger charge is -2.14. The van der Waals surface area contributed by atoms with Crippen LogP contribution in [0.4, 0.5) is 0 Å². The van der Waals surface area contributed by atoms with E-state index in [0.717, 1.165) is 18.2 Å². The third-order valence-corrected chi connectivity index (χ3v) is 4.73. The van der Waals surface area contributed by atoms with Gasteiger partial charge in [0.1, 0.15) is 0 Å². The third-order valence-electron chi connectivity index (χ3n) is 3.28. The Morgan fingerprint density at radius 3 is 2.43 bits per heavy atom. The second-order valence-electron chi connectivity index (χ2n) is 5.51. The number of aliphatic hydroxyl groups is 1. The highest BCUT2D eigenvalue weighted by Crippen LogP contribution is 2.16. The van der Waals surface area contributed by atoms with E-state index in [-0.39, 0.29) is 10.8 Å². The minimum atomic E-state index is -3.48. The number of aliphatic hydroxyl groups excluding tert-OH is 1. The van der Waals surface area contributed by atoms with E-state index in [2.05, 4.69) is 6.08 Å². The standard InChI is InChI=1S/C17H24O3S/c1-14(2)8-7-9-15(3)17(18)12-13-21(19,20)16-10-5-4-6-11-16/h4-6,8,10-13,15,17-18H,7,9H2,1-3H3/b13-12+. The molecule has 1 rings (SSSR count). The predicted molar refractivity (Wildman–Crippen MR) is 86.6 cm³/mol. The van der Waals surface area contributed by atoms with Crippen LogP contribution in [0, 0.1) is 5.92 Å². The average Bonchev–Trinajstić information content (AvgIpc) is 2.45. The maximum absolute atomic E-state index is 12.1. The Bertz CT molecular complexity index is 582. The molecule has 2 atom stereocenters. The molecule has 0 aromatic heterocycles.